The molecule has 3 aromatic rings. The number of ether oxygens (including phenoxy) is 1. The summed E-state index contributed by atoms with van der Waals surface area (Å²) in [6.45, 7) is -0.0269. The van der Waals surface area contributed by atoms with Gasteiger partial charge in [-0.15, -0.1) is 0 Å². The van der Waals surface area contributed by atoms with E-state index in [1.54, 1.807) is 0 Å². The number of sulfonamides is 1. The molecule has 0 spiro atoms. The van der Waals surface area contributed by atoms with Crippen LogP contribution in [0.15, 0.2) is 71.6 Å². The molecule has 3 rings (SSSR count). The third kappa shape index (κ3) is 5.27. The van der Waals surface area contributed by atoms with Gasteiger partial charge in [-0.3, -0.25) is 0 Å². The summed E-state index contributed by atoms with van der Waals surface area (Å²) < 4.78 is 72.1. The first-order valence-corrected chi connectivity index (χ1v) is 10.7. The number of carboxylic acids is 1. The van der Waals surface area contributed by atoms with E-state index in [0.717, 1.165) is 46.8 Å². The van der Waals surface area contributed by atoms with Crippen LogP contribution in [0.4, 0.5) is 13.2 Å². The lowest BCUT2D eigenvalue weighted by molar-refractivity contribution is -0.145. The van der Waals surface area contributed by atoms with Crippen LogP contribution in [0.3, 0.4) is 0 Å². The molecule has 0 saturated heterocycles. The molecule has 0 saturated carbocycles. The number of carboxylic acid groups (broad SMARTS) is 1. The average Bonchev–Trinajstić information content (AvgIpc) is 2.75. The van der Waals surface area contributed by atoms with E-state index in [2.05, 4.69) is 0 Å². The smallest absolute Gasteiger partial charge is 0.349 e. The predicted molar refractivity (Wildman–Crippen MR) is 109 cm³/mol. The Kier molecular flexibility index (Phi) is 6.85. The van der Waals surface area contributed by atoms with Crippen LogP contribution in [-0.2, 0) is 21.4 Å². The number of aliphatic carboxylic acids is 1. The number of halogens is 3. The zero-order valence-electron chi connectivity index (χ0n) is 16.7. The SMILES string of the molecule is CN(Cc1ccc(OC(C(=O)O)c2cc(F)ccc2F)cc1)S(=O)(=O)c1ccc(F)cc1. The predicted octanol–water partition coefficient (Wildman–Crippen LogP) is 4.13. The largest absolute Gasteiger partial charge is 0.478 e. The van der Waals surface area contributed by atoms with Crippen LogP contribution in [0.25, 0.3) is 0 Å². The van der Waals surface area contributed by atoms with Crippen LogP contribution in [-0.4, -0.2) is 30.8 Å². The fourth-order valence-corrected chi connectivity index (χ4v) is 4.06. The number of rotatable bonds is 8. The Morgan fingerprint density at radius 2 is 1.56 bits per heavy atom. The van der Waals surface area contributed by atoms with Crippen molar-refractivity contribution in [3.63, 3.8) is 0 Å². The molecule has 1 atom stereocenters. The van der Waals surface area contributed by atoms with E-state index in [1.807, 2.05) is 0 Å². The third-order valence-electron chi connectivity index (χ3n) is 4.57. The maximum atomic E-state index is 14.0. The highest BCUT2D eigenvalue weighted by molar-refractivity contribution is 7.89. The van der Waals surface area contributed by atoms with Crippen LogP contribution >= 0.6 is 0 Å². The van der Waals surface area contributed by atoms with Gasteiger partial charge in [0.1, 0.15) is 23.2 Å². The van der Waals surface area contributed by atoms with Crippen molar-refractivity contribution < 1.29 is 36.2 Å². The summed E-state index contributed by atoms with van der Waals surface area (Å²) in [6.07, 6.45) is -1.78. The first kappa shape index (κ1) is 23.3. The lowest BCUT2D eigenvalue weighted by Crippen LogP contribution is -2.26. The summed E-state index contributed by atoms with van der Waals surface area (Å²) >= 11 is 0. The van der Waals surface area contributed by atoms with Gasteiger partial charge in [0.2, 0.25) is 16.1 Å². The quantitative estimate of drug-likeness (QED) is 0.541. The Hall–Kier alpha value is -3.37. The topological polar surface area (TPSA) is 83.9 Å². The van der Waals surface area contributed by atoms with Crippen molar-refractivity contribution in [2.75, 3.05) is 7.05 Å². The van der Waals surface area contributed by atoms with Crippen molar-refractivity contribution in [1.29, 1.82) is 0 Å². The van der Waals surface area contributed by atoms with Crippen molar-refractivity contribution >= 4 is 16.0 Å². The van der Waals surface area contributed by atoms with Gasteiger partial charge < -0.3 is 9.84 Å². The first-order chi connectivity index (χ1) is 15.1. The van der Waals surface area contributed by atoms with Crippen molar-refractivity contribution in [2.24, 2.45) is 0 Å². The molecule has 1 unspecified atom stereocenters. The van der Waals surface area contributed by atoms with Gasteiger partial charge in [0.25, 0.3) is 0 Å². The van der Waals surface area contributed by atoms with Crippen LogP contribution in [0.5, 0.6) is 5.75 Å². The third-order valence-corrected chi connectivity index (χ3v) is 6.39. The van der Waals surface area contributed by atoms with E-state index in [1.165, 1.54) is 31.3 Å². The lowest BCUT2D eigenvalue weighted by Gasteiger charge is -2.18. The van der Waals surface area contributed by atoms with Crippen molar-refractivity contribution in [2.45, 2.75) is 17.5 Å². The second-order valence-corrected chi connectivity index (χ2v) is 8.91. The van der Waals surface area contributed by atoms with Crippen LogP contribution in [0.2, 0.25) is 0 Å². The molecular weight excluding hydrogens is 447 g/mol. The molecule has 168 valence electrons. The molecule has 6 nitrogen and oxygen atoms in total. The fourth-order valence-electron chi connectivity index (χ4n) is 2.90. The van der Waals surface area contributed by atoms with E-state index in [9.17, 15) is 31.5 Å². The second kappa shape index (κ2) is 9.41. The van der Waals surface area contributed by atoms with E-state index < -0.39 is 45.1 Å². The van der Waals surface area contributed by atoms with E-state index in [0.29, 0.717) is 5.56 Å². The summed E-state index contributed by atoms with van der Waals surface area (Å²) in [5, 5.41) is 9.38. The molecule has 1 N–H and O–H groups in total. The first-order valence-electron chi connectivity index (χ1n) is 9.23. The Bertz CT molecular complexity index is 1220. The average molecular weight is 465 g/mol. The highest BCUT2D eigenvalue weighted by atomic mass is 32.2. The van der Waals surface area contributed by atoms with Gasteiger partial charge in [0, 0.05) is 19.2 Å². The summed E-state index contributed by atoms with van der Waals surface area (Å²) in [5.41, 5.74) is 0.0843. The lowest BCUT2D eigenvalue weighted by atomic mass is 10.1. The van der Waals surface area contributed by atoms with E-state index >= 15 is 0 Å². The second-order valence-electron chi connectivity index (χ2n) is 6.86. The van der Waals surface area contributed by atoms with E-state index in [4.69, 9.17) is 4.74 Å². The molecule has 10 heteroatoms. The fraction of sp³-hybridized carbons (Fsp3) is 0.136. The maximum absolute atomic E-state index is 14.0. The van der Waals surface area contributed by atoms with Gasteiger partial charge >= 0.3 is 5.97 Å². The number of hydrogen-bond donors (Lipinski definition) is 1. The number of carbonyl (C=O) groups is 1. The van der Waals surface area contributed by atoms with Crippen molar-refractivity contribution in [3.8, 4) is 5.75 Å². The molecule has 0 bridgehead atoms. The molecule has 0 aliphatic heterocycles. The van der Waals surface area contributed by atoms with Gasteiger partial charge in [-0.05, 0) is 60.2 Å². The monoisotopic (exact) mass is 465 g/mol. The molecule has 0 aromatic heterocycles. The number of nitrogens with zero attached hydrogens (tertiary/aromatic N) is 1. The van der Waals surface area contributed by atoms with Gasteiger partial charge in [0.05, 0.1) is 4.90 Å². The van der Waals surface area contributed by atoms with Gasteiger partial charge in [-0.1, -0.05) is 12.1 Å². The number of benzene rings is 3. The van der Waals surface area contributed by atoms with Gasteiger partial charge in [-0.2, -0.15) is 4.31 Å². The molecule has 0 heterocycles. The molecule has 0 radical (unpaired) electrons. The van der Waals surface area contributed by atoms with E-state index in [-0.39, 0.29) is 17.2 Å². The zero-order chi connectivity index (χ0) is 23.5. The molecular formula is C22H18F3NO5S. The van der Waals surface area contributed by atoms with Crippen molar-refractivity contribution in [3.05, 3.63) is 95.3 Å². The van der Waals surface area contributed by atoms with Crippen LogP contribution < -0.4 is 4.74 Å². The van der Waals surface area contributed by atoms with Crippen LogP contribution in [0, 0.1) is 17.5 Å². The Morgan fingerprint density at radius 1 is 0.969 bits per heavy atom. The standard InChI is InChI=1S/C22H18F3NO5S/c1-26(32(29,30)18-9-4-15(23)5-10-18)13-14-2-7-17(8-3-14)31-21(22(27)28)19-12-16(24)6-11-20(19)25/h2-12,21H,13H2,1H3,(H,27,28). The minimum Gasteiger partial charge on any atom is -0.478 e. The molecule has 0 aliphatic carbocycles. The molecule has 0 amide bonds. The summed E-state index contributed by atoms with van der Waals surface area (Å²) in [6, 6.07) is 12.6. The maximum Gasteiger partial charge on any atom is 0.349 e. The summed E-state index contributed by atoms with van der Waals surface area (Å²) in [7, 11) is -2.50. The Morgan fingerprint density at radius 3 is 2.16 bits per heavy atom. The highest BCUT2D eigenvalue weighted by Crippen LogP contribution is 2.26. The van der Waals surface area contributed by atoms with Crippen molar-refractivity contribution in [1.82, 2.24) is 4.31 Å². The molecule has 32 heavy (non-hydrogen) atoms. The molecule has 3 aromatic carbocycles. The van der Waals surface area contributed by atoms with Gasteiger partial charge in [-0.25, -0.2) is 26.4 Å². The van der Waals surface area contributed by atoms with Gasteiger partial charge in [0.15, 0.2) is 0 Å². The molecule has 0 fully saturated rings. The minimum atomic E-state index is -3.86. The Labute approximate surface area is 182 Å². The van der Waals surface area contributed by atoms with Crippen LogP contribution in [0.1, 0.15) is 17.2 Å². The Balaban J connectivity index is 1.74. The normalized spacial score (nSPS) is 12.5. The summed E-state index contributed by atoms with van der Waals surface area (Å²) in [5.74, 6) is -3.74. The molecule has 0 aliphatic rings. The minimum absolute atomic E-state index is 0.0269. The summed E-state index contributed by atoms with van der Waals surface area (Å²) in [4.78, 5) is 11.5. The zero-order valence-corrected chi connectivity index (χ0v) is 17.5. The number of hydrogen-bond acceptors (Lipinski definition) is 4. The highest BCUT2D eigenvalue weighted by Gasteiger charge is 2.26.